The van der Waals surface area contributed by atoms with Gasteiger partial charge in [0.05, 0.1) is 7.11 Å². The number of nitrogens with one attached hydrogen (secondary N) is 1. The SMILES string of the molecule is CCc1c(O)cc(CNC(C)=O)cc1OC. The molecular weight excluding hydrogens is 206 g/mol. The van der Waals surface area contributed by atoms with E-state index in [-0.39, 0.29) is 11.7 Å². The highest BCUT2D eigenvalue weighted by atomic mass is 16.5. The lowest BCUT2D eigenvalue weighted by atomic mass is 10.1. The normalized spacial score (nSPS) is 9.94. The fraction of sp³-hybridized carbons (Fsp3) is 0.417. The Bertz CT molecular complexity index is 388. The monoisotopic (exact) mass is 223 g/mol. The largest absolute Gasteiger partial charge is 0.508 e. The fourth-order valence-corrected chi connectivity index (χ4v) is 1.55. The van der Waals surface area contributed by atoms with E-state index in [0.29, 0.717) is 18.7 Å². The molecule has 0 aliphatic carbocycles. The van der Waals surface area contributed by atoms with Crippen LogP contribution in [0.25, 0.3) is 0 Å². The lowest BCUT2D eigenvalue weighted by Crippen LogP contribution is -2.18. The molecule has 1 amide bonds. The van der Waals surface area contributed by atoms with Gasteiger partial charge in [0.15, 0.2) is 0 Å². The molecule has 0 spiro atoms. The average Bonchev–Trinajstić information content (AvgIpc) is 2.25. The molecular formula is C12H17NO3. The summed E-state index contributed by atoms with van der Waals surface area (Å²) in [5.74, 6) is 0.767. The maximum absolute atomic E-state index is 10.8. The molecule has 0 unspecified atom stereocenters. The summed E-state index contributed by atoms with van der Waals surface area (Å²) in [6.07, 6.45) is 0.704. The van der Waals surface area contributed by atoms with Crippen molar-refractivity contribution >= 4 is 5.91 Å². The molecule has 0 radical (unpaired) electrons. The number of ether oxygens (including phenoxy) is 1. The number of hydrogen-bond donors (Lipinski definition) is 2. The van der Waals surface area contributed by atoms with Crippen molar-refractivity contribution in [3.05, 3.63) is 23.3 Å². The Morgan fingerprint density at radius 1 is 1.50 bits per heavy atom. The number of carbonyl (C=O) groups is 1. The molecule has 0 aliphatic heterocycles. The first kappa shape index (κ1) is 12.4. The van der Waals surface area contributed by atoms with Gasteiger partial charge in [-0.3, -0.25) is 4.79 Å². The molecule has 0 fully saturated rings. The van der Waals surface area contributed by atoms with E-state index in [0.717, 1.165) is 11.1 Å². The zero-order valence-corrected chi connectivity index (χ0v) is 9.83. The van der Waals surface area contributed by atoms with Crippen LogP contribution < -0.4 is 10.1 Å². The van der Waals surface area contributed by atoms with Crippen molar-refractivity contribution in [2.45, 2.75) is 26.8 Å². The van der Waals surface area contributed by atoms with E-state index in [1.165, 1.54) is 6.92 Å². The van der Waals surface area contributed by atoms with Gasteiger partial charge in [-0.25, -0.2) is 0 Å². The first-order chi connectivity index (χ1) is 7.58. The molecule has 4 heteroatoms. The van der Waals surface area contributed by atoms with Crippen LogP contribution in [-0.4, -0.2) is 18.1 Å². The summed E-state index contributed by atoms with van der Waals surface area (Å²) in [5.41, 5.74) is 1.61. The van der Waals surface area contributed by atoms with Gasteiger partial charge < -0.3 is 15.2 Å². The van der Waals surface area contributed by atoms with Gasteiger partial charge in [-0.1, -0.05) is 6.92 Å². The van der Waals surface area contributed by atoms with E-state index >= 15 is 0 Å². The summed E-state index contributed by atoms with van der Waals surface area (Å²) in [7, 11) is 1.57. The van der Waals surface area contributed by atoms with Crippen LogP contribution in [0.5, 0.6) is 11.5 Å². The highest BCUT2D eigenvalue weighted by Gasteiger charge is 2.09. The van der Waals surface area contributed by atoms with Gasteiger partial charge in [0, 0.05) is 19.0 Å². The smallest absolute Gasteiger partial charge is 0.217 e. The Hall–Kier alpha value is -1.71. The van der Waals surface area contributed by atoms with E-state index in [4.69, 9.17) is 4.74 Å². The predicted octanol–water partition coefficient (Wildman–Crippen LogP) is 1.60. The van der Waals surface area contributed by atoms with Crippen molar-refractivity contribution in [3.63, 3.8) is 0 Å². The minimum atomic E-state index is -0.0991. The molecule has 0 bridgehead atoms. The maximum Gasteiger partial charge on any atom is 0.217 e. The summed E-state index contributed by atoms with van der Waals surface area (Å²) in [6, 6.07) is 3.48. The molecule has 0 aliphatic rings. The first-order valence-corrected chi connectivity index (χ1v) is 5.21. The molecule has 4 nitrogen and oxygen atoms in total. The van der Waals surface area contributed by atoms with E-state index in [2.05, 4.69) is 5.32 Å². The maximum atomic E-state index is 10.8. The number of benzene rings is 1. The first-order valence-electron chi connectivity index (χ1n) is 5.21. The zero-order chi connectivity index (χ0) is 12.1. The van der Waals surface area contributed by atoms with Crippen molar-refractivity contribution in [2.75, 3.05) is 7.11 Å². The van der Waals surface area contributed by atoms with Gasteiger partial charge in [0.2, 0.25) is 5.91 Å². The Morgan fingerprint density at radius 3 is 2.69 bits per heavy atom. The van der Waals surface area contributed by atoms with Crippen molar-refractivity contribution in [3.8, 4) is 11.5 Å². The third-order valence-corrected chi connectivity index (χ3v) is 2.36. The van der Waals surface area contributed by atoms with Crippen molar-refractivity contribution in [1.82, 2.24) is 5.32 Å². The number of rotatable bonds is 4. The predicted molar refractivity (Wildman–Crippen MR) is 61.6 cm³/mol. The van der Waals surface area contributed by atoms with E-state index in [1.54, 1.807) is 13.2 Å². The van der Waals surface area contributed by atoms with Gasteiger partial charge in [0.25, 0.3) is 0 Å². The van der Waals surface area contributed by atoms with Crippen LogP contribution in [0.3, 0.4) is 0 Å². The van der Waals surface area contributed by atoms with Crippen molar-refractivity contribution in [1.29, 1.82) is 0 Å². The molecule has 0 heterocycles. The van der Waals surface area contributed by atoms with Gasteiger partial charge in [-0.15, -0.1) is 0 Å². The number of phenols is 1. The lowest BCUT2D eigenvalue weighted by molar-refractivity contribution is -0.119. The van der Waals surface area contributed by atoms with Crippen LogP contribution in [0, 0.1) is 0 Å². The number of carbonyl (C=O) groups excluding carboxylic acids is 1. The third kappa shape index (κ3) is 2.89. The molecule has 16 heavy (non-hydrogen) atoms. The average molecular weight is 223 g/mol. The molecule has 1 aromatic rings. The summed E-state index contributed by atoms with van der Waals surface area (Å²) in [6.45, 7) is 3.80. The van der Waals surface area contributed by atoms with Crippen LogP contribution in [-0.2, 0) is 17.8 Å². The Morgan fingerprint density at radius 2 is 2.19 bits per heavy atom. The lowest BCUT2D eigenvalue weighted by Gasteiger charge is -2.11. The second kappa shape index (κ2) is 5.39. The van der Waals surface area contributed by atoms with Gasteiger partial charge in [-0.2, -0.15) is 0 Å². The van der Waals surface area contributed by atoms with E-state index in [9.17, 15) is 9.90 Å². The minimum Gasteiger partial charge on any atom is -0.508 e. The summed E-state index contributed by atoms with van der Waals surface area (Å²) < 4.78 is 5.19. The third-order valence-electron chi connectivity index (χ3n) is 2.36. The van der Waals surface area contributed by atoms with E-state index in [1.807, 2.05) is 13.0 Å². The summed E-state index contributed by atoms with van der Waals surface area (Å²) in [4.78, 5) is 10.8. The molecule has 0 atom stereocenters. The van der Waals surface area contributed by atoms with Gasteiger partial charge in [-0.05, 0) is 24.1 Å². The number of amides is 1. The van der Waals surface area contributed by atoms with Crippen LogP contribution in [0.2, 0.25) is 0 Å². The topological polar surface area (TPSA) is 58.6 Å². The number of aromatic hydroxyl groups is 1. The van der Waals surface area contributed by atoms with Crippen LogP contribution >= 0.6 is 0 Å². The minimum absolute atomic E-state index is 0.0991. The molecule has 0 saturated carbocycles. The molecule has 1 rings (SSSR count). The molecule has 2 N–H and O–H groups in total. The van der Waals surface area contributed by atoms with Crippen LogP contribution in [0.1, 0.15) is 25.0 Å². The number of methoxy groups -OCH3 is 1. The fourth-order valence-electron chi connectivity index (χ4n) is 1.55. The highest BCUT2D eigenvalue weighted by Crippen LogP contribution is 2.29. The summed E-state index contributed by atoms with van der Waals surface area (Å²) >= 11 is 0. The standard InChI is InChI=1S/C12H17NO3/c1-4-10-11(15)5-9(6-12(10)16-3)7-13-8(2)14/h5-6,15H,4,7H2,1-3H3,(H,13,14). The van der Waals surface area contributed by atoms with Crippen LogP contribution in [0.15, 0.2) is 12.1 Å². The van der Waals surface area contributed by atoms with Crippen molar-refractivity contribution < 1.29 is 14.6 Å². The Kier molecular flexibility index (Phi) is 4.17. The number of hydrogen-bond acceptors (Lipinski definition) is 3. The second-order valence-electron chi connectivity index (χ2n) is 3.56. The number of phenolic OH excluding ortho intramolecular Hbond substituents is 1. The Balaban J connectivity index is 2.96. The van der Waals surface area contributed by atoms with E-state index < -0.39 is 0 Å². The molecule has 0 aromatic heterocycles. The zero-order valence-electron chi connectivity index (χ0n) is 9.83. The van der Waals surface area contributed by atoms with Gasteiger partial charge in [0.1, 0.15) is 11.5 Å². The quantitative estimate of drug-likeness (QED) is 0.815. The van der Waals surface area contributed by atoms with Crippen LogP contribution in [0.4, 0.5) is 0 Å². The second-order valence-corrected chi connectivity index (χ2v) is 3.56. The molecule has 1 aromatic carbocycles. The van der Waals surface area contributed by atoms with Gasteiger partial charge >= 0.3 is 0 Å². The molecule has 88 valence electrons. The highest BCUT2D eigenvalue weighted by molar-refractivity contribution is 5.72. The molecule has 0 saturated heterocycles. The Labute approximate surface area is 95.2 Å². The van der Waals surface area contributed by atoms with Crippen molar-refractivity contribution in [2.24, 2.45) is 0 Å². The summed E-state index contributed by atoms with van der Waals surface area (Å²) in [5, 5.41) is 12.4.